The van der Waals surface area contributed by atoms with Gasteiger partial charge in [-0.1, -0.05) is 12.1 Å². The van der Waals surface area contributed by atoms with Gasteiger partial charge in [0.1, 0.15) is 5.69 Å². The van der Waals surface area contributed by atoms with Gasteiger partial charge in [-0.2, -0.15) is 10.4 Å². The van der Waals surface area contributed by atoms with Gasteiger partial charge in [-0.25, -0.2) is 0 Å². The van der Waals surface area contributed by atoms with E-state index in [0.717, 1.165) is 5.56 Å². The van der Waals surface area contributed by atoms with Gasteiger partial charge in [0.25, 0.3) is 5.91 Å². The predicted octanol–water partition coefficient (Wildman–Crippen LogP) is 2.27. The lowest BCUT2D eigenvalue weighted by Gasteiger charge is -2.32. The van der Waals surface area contributed by atoms with Gasteiger partial charge in [-0.15, -0.1) is 0 Å². The van der Waals surface area contributed by atoms with Crippen molar-refractivity contribution in [2.24, 2.45) is 0 Å². The van der Waals surface area contributed by atoms with Crippen molar-refractivity contribution in [2.75, 3.05) is 6.54 Å². The fourth-order valence-electron chi connectivity index (χ4n) is 3.67. The summed E-state index contributed by atoms with van der Waals surface area (Å²) in [5, 5.41) is 13.6. The summed E-state index contributed by atoms with van der Waals surface area (Å²) in [6.07, 6.45) is 0. The molecular weight excluding hydrogens is 367 g/mol. The van der Waals surface area contributed by atoms with Crippen molar-refractivity contribution in [2.45, 2.75) is 58.4 Å². The maximum Gasteiger partial charge on any atom is 0.516 e. The van der Waals surface area contributed by atoms with Crippen molar-refractivity contribution >= 4 is 18.6 Å². The Morgan fingerprint density at radius 2 is 1.83 bits per heavy atom. The molecule has 2 aliphatic heterocycles. The lowest BCUT2D eigenvalue weighted by molar-refractivity contribution is 0.00578. The van der Waals surface area contributed by atoms with Crippen molar-refractivity contribution in [3.05, 3.63) is 47.2 Å². The molecule has 1 aromatic carbocycles. The first-order valence-electron chi connectivity index (χ1n) is 9.85. The number of nitrogens with zero attached hydrogens (tertiary/aromatic N) is 4. The average Bonchev–Trinajstić information content (AvgIpc) is 3.20. The lowest BCUT2D eigenvalue weighted by Crippen LogP contribution is -2.42. The first-order chi connectivity index (χ1) is 13.6. The van der Waals surface area contributed by atoms with Crippen LogP contribution in [-0.2, 0) is 15.9 Å². The zero-order valence-corrected chi connectivity index (χ0v) is 17.5. The molecule has 7 nitrogen and oxygen atoms in total. The van der Waals surface area contributed by atoms with E-state index in [1.54, 1.807) is 22.9 Å². The van der Waals surface area contributed by atoms with E-state index >= 15 is 0 Å². The second kappa shape index (κ2) is 6.72. The highest BCUT2D eigenvalue weighted by molar-refractivity contribution is 6.61. The Kier molecular flexibility index (Phi) is 4.56. The largest absolute Gasteiger partial charge is 0.516 e. The zero-order chi connectivity index (χ0) is 21.0. The van der Waals surface area contributed by atoms with Gasteiger partial charge >= 0.3 is 7.12 Å². The highest BCUT2D eigenvalue weighted by atomic mass is 16.7. The third-order valence-corrected chi connectivity index (χ3v) is 6.11. The molecule has 0 aliphatic carbocycles. The van der Waals surface area contributed by atoms with Crippen LogP contribution >= 0.6 is 0 Å². The fraction of sp³-hybridized carbons (Fsp3) is 0.476. The number of amides is 1. The summed E-state index contributed by atoms with van der Waals surface area (Å²) >= 11 is 0. The summed E-state index contributed by atoms with van der Waals surface area (Å²) in [5.74, 6) is -0.0669. The number of carbonyl (C=O) groups excluding carboxylic acids is 1. The molecule has 0 N–H and O–H groups in total. The summed E-state index contributed by atoms with van der Waals surface area (Å²) < 4.78 is 14.0. The Morgan fingerprint density at radius 1 is 1.21 bits per heavy atom. The first kappa shape index (κ1) is 19.7. The standard InChI is InChI=1S/C21H25BN4O3/c1-14-12-25(13-16-8-6-15(11-23)7-9-16)19(27)17-10-18(24-26(14)17)22-28-20(2,3)21(4,5)29-22/h6-10,14H,12-13H2,1-5H3/t14-/m0/s1. The van der Waals surface area contributed by atoms with Crippen LogP contribution in [0.2, 0.25) is 0 Å². The van der Waals surface area contributed by atoms with Crippen LogP contribution in [0.4, 0.5) is 0 Å². The Hall–Kier alpha value is -2.63. The smallest absolute Gasteiger partial charge is 0.398 e. The molecule has 1 aromatic heterocycles. The van der Waals surface area contributed by atoms with Crippen molar-refractivity contribution < 1.29 is 14.1 Å². The molecule has 1 fully saturated rings. The molecule has 8 heteroatoms. The van der Waals surface area contributed by atoms with E-state index in [1.807, 2.05) is 51.7 Å². The van der Waals surface area contributed by atoms with E-state index in [0.29, 0.717) is 29.9 Å². The highest BCUT2D eigenvalue weighted by Crippen LogP contribution is 2.36. The number of rotatable bonds is 3. The maximum absolute atomic E-state index is 13.1. The van der Waals surface area contributed by atoms with Crippen molar-refractivity contribution in [3.63, 3.8) is 0 Å². The van der Waals surface area contributed by atoms with E-state index in [9.17, 15) is 4.79 Å². The van der Waals surface area contributed by atoms with Crippen molar-refractivity contribution in [1.82, 2.24) is 14.7 Å². The van der Waals surface area contributed by atoms with Crippen LogP contribution in [0.1, 0.15) is 62.3 Å². The molecule has 1 atom stereocenters. The molecule has 3 heterocycles. The zero-order valence-electron chi connectivity index (χ0n) is 17.5. The van der Waals surface area contributed by atoms with Gasteiger partial charge in [0.2, 0.25) is 0 Å². The highest BCUT2D eigenvalue weighted by Gasteiger charge is 2.53. The Balaban J connectivity index is 1.57. The molecule has 4 rings (SSSR count). The monoisotopic (exact) mass is 392 g/mol. The lowest BCUT2D eigenvalue weighted by atomic mass is 9.85. The Labute approximate surface area is 171 Å². The first-order valence-corrected chi connectivity index (χ1v) is 9.85. The van der Waals surface area contributed by atoms with Crippen LogP contribution in [-0.4, -0.2) is 45.5 Å². The molecular formula is C21H25BN4O3. The summed E-state index contributed by atoms with van der Waals surface area (Å²) in [6.45, 7) is 11.1. The number of benzene rings is 1. The molecule has 0 unspecified atom stereocenters. The Morgan fingerprint density at radius 3 is 2.41 bits per heavy atom. The molecule has 2 aromatic rings. The van der Waals surface area contributed by atoms with Gasteiger partial charge in [0.15, 0.2) is 0 Å². The van der Waals surface area contributed by atoms with E-state index in [-0.39, 0.29) is 11.9 Å². The van der Waals surface area contributed by atoms with Crippen LogP contribution in [0.25, 0.3) is 0 Å². The molecule has 0 spiro atoms. The van der Waals surface area contributed by atoms with E-state index in [4.69, 9.17) is 14.6 Å². The summed E-state index contributed by atoms with van der Waals surface area (Å²) in [4.78, 5) is 14.9. The third-order valence-electron chi connectivity index (χ3n) is 6.11. The van der Waals surface area contributed by atoms with Gasteiger partial charge in [-0.3, -0.25) is 9.48 Å². The number of hydrogen-bond donors (Lipinski definition) is 0. The summed E-state index contributed by atoms with van der Waals surface area (Å²) in [6, 6.07) is 11.3. The summed E-state index contributed by atoms with van der Waals surface area (Å²) in [7, 11) is -0.593. The molecule has 1 amide bonds. The van der Waals surface area contributed by atoms with E-state index < -0.39 is 18.3 Å². The van der Waals surface area contributed by atoms with E-state index in [1.165, 1.54) is 0 Å². The van der Waals surface area contributed by atoms with Crippen molar-refractivity contribution in [3.8, 4) is 6.07 Å². The van der Waals surface area contributed by atoms with Crippen molar-refractivity contribution in [1.29, 1.82) is 5.26 Å². The average molecular weight is 392 g/mol. The van der Waals surface area contributed by atoms with Crippen LogP contribution < -0.4 is 5.59 Å². The normalized spacial score (nSPS) is 22.5. The van der Waals surface area contributed by atoms with Crippen LogP contribution in [0.3, 0.4) is 0 Å². The second-order valence-corrected chi connectivity index (χ2v) is 8.83. The minimum absolute atomic E-state index is 0.0391. The molecule has 150 valence electrons. The number of carbonyl (C=O) groups is 1. The predicted molar refractivity (Wildman–Crippen MR) is 109 cm³/mol. The SMILES string of the molecule is C[C@H]1CN(Cc2ccc(C#N)cc2)C(=O)c2cc(B3OC(C)(C)C(C)(C)O3)nn21. The molecule has 0 bridgehead atoms. The minimum atomic E-state index is -0.593. The molecule has 29 heavy (non-hydrogen) atoms. The topological polar surface area (TPSA) is 80.4 Å². The number of nitriles is 1. The fourth-order valence-corrected chi connectivity index (χ4v) is 3.67. The molecule has 0 saturated carbocycles. The van der Waals surface area contributed by atoms with Gasteiger partial charge in [0.05, 0.1) is 34.5 Å². The molecule has 2 aliphatic rings. The number of hydrogen-bond acceptors (Lipinski definition) is 5. The quantitative estimate of drug-likeness (QED) is 0.749. The summed E-state index contributed by atoms with van der Waals surface area (Å²) in [5.41, 5.74) is 1.85. The van der Waals surface area contributed by atoms with Gasteiger partial charge in [-0.05, 0) is 58.4 Å². The van der Waals surface area contributed by atoms with E-state index in [2.05, 4.69) is 11.2 Å². The third kappa shape index (κ3) is 3.35. The minimum Gasteiger partial charge on any atom is -0.398 e. The van der Waals surface area contributed by atoms with Crippen LogP contribution in [0.15, 0.2) is 30.3 Å². The van der Waals surface area contributed by atoms with Crippen LogP contribution in [0.5, 0.6) is 0 Å². The van der Waals surface area contributed by atoms with Crippen LogP contribution in [0, 0.1) is 11.3 Å². The number of fused-ring (bicyclic) bond motifs is 1. The molecule has 1 saturated heterocycles. The maximum atomic E-state index is 13.1. The van der Waals surface area contributed by atoms with Gasteiger partial charge < -0.3 is 14.2 Å². The Bertz CT molecular complexity index is 974. The number of aromatic nitrogens is 2. The van der Waals surface area contributed by atoms with Gasteiger partial charge in [0, 0.05) is 13.1 Å². The second-order valence-electron chi connectivity index (χ2n) is 8.83. The molecule has 0 radical (unpaired) electrons.